The lowest BCUT2D eigenvalue weighted by Crippen LogP contribution is -2.16. The molecule has 0 bridgehead atoms. The van der Waals surface area contributed by atoms with Crippen molar-refractivity contribution in [2.75, 3.05) is 4.90 Å². The number of fused-ring (bicyclic) bond motifs is 7. The van der Waals surface area contributed by atoms with Gasteiger partial charge in [-0.15, -0.1) is 0 Å². The quantitative estimate of drug-likeness (QED) is 0.186. The van der Waals surface area contributed by atoms with E-state index in [9.17, 15) is 0 Å². The van der Waals surface area contributed by atoms with Crippen molar-refractivity contribution in [3.05, 3.63) is 187 Å². The van der Waals surface area contributed by atoms with Crippen LogP contribution in [0.5, 0.6) is 0 Å². The number of anilines is 3. The second-order valence-corrected chi connectivity index (χ2v) is 14.1. The van der Waals surface area contributed by atoms with Gasteiger partial charge in [0.15, 0.2) is 0 Å². The van der Waals surface area contributed by atoms with Crippen LogP contribution in [0, 0.1) is 0 Å². The summed E-state index contributed by atoms with van der Waals surface area (Å²) in [6.07, 6.45) is 0. The largest absolute Gasteiger partial charge is 0.309 e. The molecule has 0 aliphatic heterocycles. The number of hydrogen-bond donors (Lipinski definition) is 0. The van der Waals surface area contributed by atoms with Crippen LogP contribution in [0.4, 0.5) is 17.1 Å². The minimum atomic E-state index is -0.103. The maximum Gasteiger partial charge on any atom is 0.0546 e. The van der Waals surface area contributed by atoms with E-state index in [4.69, 9.17) is 0 Å². The minimum absolute atomic E-state index is 0.103. The molecule has 1 heteroatoms. The molecule has 9 aromatic rings. The summed E-state index contributed by atoms with van der Waals surface area (Å²) >= 11 is 0. The van der Waals surface area contributed by atoms with Gasteiger partial charge in [0.25, 0.3) is 0 Å². The minimum Gasteiger partial charge on any atom is -0.309 e. The van der Waals surface area contributed by atoms with Crippen LogP contribution in [0.2, 0.25) is 0 Å². The zero-order chi connectivity index (χ0) is 33.4. The van der Waals surface area contributed by atoms with E-state index in [0.717, 1.165) is 17.1 Å². The van der Waals surface area contributed by atoms with Gasteiger partial charge in [0, 0.05) is 22.1 Å². The molecule has 0 atom stereocenters. The van der Waals surface area contributed by atoms with Gasteiger partial charge in [0.1, 0.15) is 0 Å². The molecule has 0 heterocycles. The number of rotatable bonds is 4. The zero-order valence-electron chi connectivity index (χ0n) is 28.2. The fourth-order valence-electron chi connectivity index (χ4n) is 8.55. The lowest BCUT2D eigenvalue weighted by atomic mass is 9.82. The van der Waals surface area contributed by atoms with Crippen molar-refractivity contribution in [3.63, 3.8) is 0 Å². The van der Waals surface area contributed by atoms with E-state index in [2.05, 4.69) is 195 Å². The van der Waals surface area contributed by atoms with Crippen molar-refractivity contribution in [2.24, 2.45) is 0 Å². The molecule has 0 amide bonds. The van der Waals surface area contributed by atoms with Crippen LogP contribution in [-0.4, -0.2) is 0 Å². The Morgan fingerprint density at radius 1 is 0.360 bits per heavy atom. The van der Waals surface area contributed by atoms with E-state index in [0.29, 0.717) is 0 Å². The maximum atomic E-state index is 2.51. The first-order valence-electron chi connectivity index (χ1n) is 17.5. The summed E-state index contributed by atoms with van der Waals surface area (Å²) in [6.45, 7) is 4.74. The lowest BCUT2D eigenvalue weighted by molar-refractivity contribution is 0.661. The van der Waals surface area contributed by atoms with Crippen molar-refractivity contribution in [1.29, 1.82) is 0 Å². The van der Waals surface area contributed by atoms with Crippen LogP contribution in [0.3, 0.4) is 0 Å². The van der Waals surface area contributed by atoms with Crippen LogP contribution in [0.25, 0.3) is 65.3 Å². The highest BCUT2D eigenvalue weighted by atomic mass is 15.1. The molecule has 0 fully saturated rings. The highest BCUT2D eigenvalue weighted by Crippen LogP contribution is 2.53. The molecule has 50 heavy (non-hydrogen) atoms. The van der Waals surface area contributed by atoms with Crippen molar-refractivity contribution < 1.29 is 0 Å². The molecular formula is C49H35N. The Morgan fingerprint density at radius 3 is 1.68 bits per heavy atom. The molecule has 1 nitrogen and oxygen atoms in total. The predicted molar refractivity (Wildman–Crippen MR) is 214 cm³/mol. The number of benzene rings is 9. The van der Waals surface area contributed by atoms with Crippen molar-refractivity contribution in [2.45, 2.75) is 19.3 Å². The maximum absolute atomic E-state index is 2.51. The summed E-state index contributed by atoms with van der Waals surface area (Å²) in [5.74, 6) is 0. The summed E-state index contributed by atoms with van der Waals surface area (Å²) < 4.78 is 0. The fourth-order valence-corrected chi connectivity index (χ4v) is 8.55. The van der Waals surface area contributed by atoms with E-state index >= 15 is 0 Å². The van der Waals surface area contributed by atoms with E-state index in [1.165, 1.54) is 76.5 Å². The molecule has 0 saturated heterocycles. The van der Waals surface area contributed by atoms with Gasteiger partial charge >= 0.3 is 0 Å². The van der Waals surface area contributed by atoms with Gasteiger partial charge in [-0.2, -0.15) is 0 Å². The summed E-state index contributed by atoms with van der Waals surface area (Å²) in [4.78, 5) is 2.51. The van der Waals surface area contributed by atoms with Gasteiger partial charge in [-0.05, 0) is 102 Å². The molecule has 236 valence electrons. The molecular weight excluding hydrogens is 603 g/mol. The first-order chi connectivity index (χ1) is 24.6. The standard InChI is InChI=1S/C49H35N/c1-49(2)44-27-26-37(31-43(44)42-29-35-16-3-4-17-36(35)30-45(42)49)50(46-24-12-19-33-14-6-9-21-39(33)46)47-28-25-34-15-7-10-22-40(34)48(47)41-23-11-18-32-13-5-8-20-38(32)41/h3-31H,1-2H3. The van der Waals surface area contributed by atoms with Crippen LogP contribution < -0.4 is 4.90 Å². The smallest absolute Gasteiger partial charge is 0.0546 e. The Labute approximate surface area is 292 Å². The third-order valence-electron chi connectivity index (χ3n) is 11.0. The topological polar surface area (TPSA) is 3.24 Å². The summed E-state index contributed by atoms with van der Waals surface area (Å²) in [5, 5.41) is 9.98. The Hall–Kier alpha value is -6.18. The first kappa shape index (κ1) is 28.8. The molecule has 9 aromatic carbocycles. The van der Waals surface area contributed by atoms with Crippen LogP contribution in [0.1, 0.15) is 25.0 Å². The number of nitrogens with zero attached hydrogens (tertiary/aromatic N) is 1. The second kappa shape index (κ2) is 10.9. The van der Waals surface area contributed by atoms with E-state index in [1.54, 1.807) is 0 Å². The van der Waals surface area contributed by atoms with Gasteiger partial charge < -0.3 is 4.90 Å². The highest BCUT2D eigenvalue weighted by molar-refractivity contribution is 6.13. The molecule has 0 aromatic heterocycles. The monoisotopic (exact) mass is 637 g/mol. The second-order valence-electron chi connectivity index (χ2n) is 14.1. The van der Waals surface area contributed by atoms with E-state index in [1.807, 2.05) is 0 Å². The lowest BCUT2D eigenvalue weighted by Gasteiger charge is -2.31. The SMILES string of the molecule is CC1(C)c2ccc(N(c3ccc4ccccc4c3-c3cccc4ccccc34)c3cccc4ccccc34)cc2-c2cc3ccccc3cc21. The Kier molecular flexibility index (Phi) is 6.29. The first-order valence-corrected chi connectivity index (χ1v) is 17.5. The Morgan fingerprint density at radius 2 is 0.920 bits per heavy atom. The normalized spacial score (nSPS) is 13.2. The number of hydrogen-bond acceptors (Lipinski definition) is 1. The van der Waals surface area contributed by atoms with Crippen LogP contribution in [-0.2, 0) is 5.41 Å². The fraction of sp³-hybridized carbons (Fsp3) is 0.0612. The summed E-state index contributed by atoms with van der Waals surface area (Å²) in [5.41, 5.74) is 11.2. The molecule has 10 rings (SSSR count). The van der Waals surface area contributed by atoms with Crippen molar-refractivity contribution in [1.82, 2.24) is 0 Å². The van der Waals surface area contributed by atoms with E-state index < -0.39 is 0 Å². The molecule has 0 spiro atoms. The highest BCUT2D eigenvalue weighted by Gasteiger charge is 2.36. The van der Waals surface area contributed by atoms with Crippen LogP contribution >= 0.6 is 0 Å². The van der Waals surface area contributed by atoms with E-state index in [-0.39, 0.29) is 5.41 Å². The average Bonchev–Trinajstić information content (AvgIpc) is 3.38. The average molecular weight is 638 g/mol. The predicted octanol–water partition coefficient (Wildman–Crippen LogP) is 13.7. The Bertz CT molecular complexity index is 2790. The van der Waals surface area contributed by atoms with Gasteiger partial charge in [0.05, 0.1) is 11.4 Å². The summed E-state index contributed by atoms with van der Waals surface area (Å²) in [7, 11) is 0. The third-order valence-corrected chi connectivity index (χ3v) is 11.0. The van der Waals surface area contributed by atoms with Gasteiger partial charge in [-0.25, -0.2) is 0 Å². The van der Waals surface area contributed by atoms with Crippen molar-refractivity contribution >= 4 is 60.2 Å². The van der Waals surface area contributed by atoms with Gasteiger partial charge in [-0.1, -0.05) is 153 Å². The molecule has 1 aliphatic carbocycles. The molecule has 0 radical (unpaired) electrons. The molecule has 0 saturated carbocycles. The molecule has 1 aliphatic rings. The molecule has 0 N–H and O–H groups in total. The zero-order valence-corrected chi connectivity index (χ0v) is 28.2. The molecule has 0 unspecified atom stereocenters. The van der Waals surface area contributed by atoms with Crippen LogP contribution in [0.15, 0.2) is 176 Å². The van der Waals surface area contributed by atoms with Crippen molar-refractivity contribution in [3.8, 4) is 22.3 Å². The van der Waals surface area contributed by atoms with Gasteiger partial charge in [0.2, 0.25) is 0 Å². The Balaban J connectivity index is 1.30. The summed E-state index contributed by atoms with van der Waals surface area (Å²) in [6, 6.07) is 65.1. The third kappa shape index (κ3) is 4.27. The van der Waals surface area contributed by atoms with Gasteiger partial charge in [-0.3, -0.25) is 0 Å².